The van der Waals surface area contributed by atoms with Gasteiger partial charge in [0.25, 0.3) is 0 Å². The summed E-state index contributed by atoms with van der Waals surface area (Å²) < 4.78 is 50.4. The summed E-state index contributed by atoms with van der Waals surface area (Å²) in [5, 5.41) is 1.55. The van der Waals surface area contributed by atoms with Crippen LogP contribution < -0.4 is 4.57 Å². The number of aryl methyl sites for hydroxylation is 2. The zero-order valence-corrected chi connectivity index (χ0v) is 21.0. The summed E-state index contributed by atoms with van der Waals surface area (Å²) in [7, 11) is 2.03. The van der Waals surface area contributed by atoms with Gasteiger partial charge in [-0.1, -0.05) is 75.2 Å². The molecule has 0 aliphatic heterocycles. The standard InChI is InChI=1S/C32H31N2O/c1-20-13-14-24-25-15-16-26(33-6)29(23-11-9-8-10-12-23)31(25)35-30(24)28(20)27-18-22(19-32(3,4)5)17-21(2)34(27)7/h8-18H,19H2,1-5,7H3/q+1/i8D,9D,10D,11D,12D. The Balaban J connectivity index is 1.91. The molecular formula is C32H31N2O+. The van der Waals surface area contributed by atoms with Crippen LogP contribution in [0.3, 0.4) is 0 Å². The van der Waals surface area contributed by atoms with Crippen LogP contribution in [-0.4, -0.2) is 0 Å². The first kappa shape index (κ1) is 17.5. The predicted molar refractivity (Wildman–Crippen MR) is 145 cm³/mol. The Morgan fingerprint density at radius 2 is 1.60 bits per heavy atom. The van der Waals surface area contributed by atoms with Crippen molar-refractivity contribution in [2.24, 2.45) is 12.5 Å². The highest BCUT2D eigenvalue weighted by Crippen LogP contribution is 2.44. The summed E-state index contributed by atoms with van der Waals surface area (Å²) >= 11 is 0. The summed E-state index contributed by atoms with van der Waals surface area (Å²) in [6, 6.07) is 9.78. The lowest BCUT2D eigenvalue weighted by atomic mass is 9.87. The molecule has 0 bridgehead atoms. The van der Waals surface area contributed by atoms with Crippen molar-refractivity contribution < 1.29 is 15.8 Å². The predicted octanol–water partition coefficient (Wildman–Crippen LogP) is 8.50. The van der Waals surface area contributed by atoms with Crippen LogP contribution in [0.25, 0.3) is 49.2 Å². The molecule has 0 saturated heterocycles. The van der Waals surface area contributed by atoms with Crippen LogP contribution in [0, 0.1) is 25.8 Å². The van der Waals surface area contributed by atoms with Crippen molar-refractivity contribution in [3.63, 3.8) is 0 Å². The Labute approximate surface area is 214 Å². The van der Waals surface area contributed by atoms with E-state index in [4.69, 9.17) is 17.8 Å². The highest BCUT2D eigenvalue weighted by atomic mass is 16.3. The van der Waals surface area contributed by atoms with Crippen LogP contribution in [0.1, 0.15) is 44.4 Å². The van der Waals surface area contributed by atoms with E-state index in [1.165, 1.54) is 5.56 Å². The second-order valence-corrected chi connectivity index (χ2v) is 10.4. The summed E-state index contributed by atoms with van der Waals surface area (Å²) in [6.45, 7) is 18.6. The second kappa shape index (κ2) is 8.40. The first-order valence-corrected chi connectivity index (χ1v) is 11.7. The van der Waals surface area contributed by atoms with Crippen molar-refractivity contribution in [2.45, 2.75) is 41.0 Å². The van der Waals surface area contributed by atoms with Gasteiger partial charge in [0, 0.05) is 35.4 Å². The second-order valence-electron chi connectivity index (χ2n) is 10.4. The lowest BCUT2D eigenvalue weighted by Gasteiger charge is -2.18. The molecular weight excluding hydrogens is 428 g/mol. The summed E-state index contributed by atoms with van der Waals surface area (Å²) in [4.78, 5) is 3.65. The van der Waals surface area contributed by atoms with Gasteiger partial charge in [0.2, 0.25) is 5.69 Å². The Morgan fingerprint density at radius 1 is 0.943 bits per heavy atom. The minimum Gasteiger partial charge on any atom is -0.456 e. The number of rotatable bonds is 3. The van der Waals surface area contributed by atoms with Crippen LogP contribution in [0.5, 0.6) is 0 Å². The molecule has 35 heavy (non-hydrogen) atoms. The molecule has 3 heteroatoms. The fraction of sp³-hybridized carbons (Fsp3) is 0.250. The molecule has 5 rings (SSSR count). The maximum Gasteiger partial charge on any atom is 0.216 e. The van der Waals surface area contributed by atoms with Gasteiger partial charge in [-0.2, -0.15) is 4.57 Å². The van der Waals surface area contributed by atoms with Crippen LogP contribution in [0.4, 0.5) is 5.69 Å². The lowest BCUT2D eigenvalue weighted by molar-refractivity contribution is -0.666. The molecule has 5 aromatic rings. The Kier molecular flexibility index (Phi) is 4.20. The van der Waals surface area contributed by atoms with E-state index in [2.05, 4.69) is 49.2 Å². The van der Waals surface area contributed by atoms with Crippen LogP contribution in [0.2, 0.25) is 0 Å². The van der Waals surface area contributed by atoms with Gasteiger partial charge >= 0.3 is 0 Å². The quantitative estimate of drug-likeness (QED) is 0.194. The topological polar surface area (TPSA) is 21.4 Å². The number of hydrogen-bond donors (Lipinski definition) is 0. The third-order valence-electron chi connectivity index (χ3n) is 6.46. The zero-order chi connectivity index (χ0) is 29.3. The van der Waals surface area contributed by atoms with Crippen molar-refractivity contribution in [1.29, 1.82) is 0 Å². The number of nitrogens with zero attached hydrogens (tertiary/aromatic N) is 2. The van der Waals surface area contributed by atoms with Crippen LogP contribution in [0.15, 0.2) is 71.0 Å². The molecule has 0 atom stereocenters. The van der Waals surface area contributed by atoms with E-state index in [-0.39, 0.29) is 34.3 Å². The van der Waals surface area contributed by atoms with E-state index < -0.39 is 18.1 Å². The monoisotopic (exact) mass is 464 g/mol. The molecule has 3 nitrogen and oxygen atoms in total. The van der Waals surface area contributed by atoms with Gasteiger partial charge in [-0.25, -0.2) is 4.85 Å². The molecule has 0 saturated carbocycles. The van der Waals surface area contributed by atoms with Crippen LogP contribution in [-0.2, 0) is 13.5 Å². The summed E-state index contributed by atoms with van der Waals surface area (Å²) in [6.07, 6.45) is 0.908. The van der Waals surface area contributed by atoms with Gasteiger partial charge in [0.1, 0.15) is 18.2 Å². The molecule has 0 aliphatic rings. The fourth-order valence-electron chi connectivity index (χ4n) is 4.84. The van der Waals surface area contributed by atoms with E-state index in [9.17, 15) is 0 Å². The first-order valence-electron chi connectivity index (χ1n) is 14.2. The van der Waals surface area contributed by atoms with E-state index in [0.717, 1.165) is 39.7 Å². The molecule has 0 radical (unpaired) electrons. The van der Waals surface area contributed by atoms with Crippen molar-refractivity contribution in [1.82, 2.24) is 0 Å². The van der Waals surface area contributed by atoms with Gasteiger partial charge in [0.05, 0.1) is 19.0 Å². The first-order chi connectivity index (χ1) is 18.7. The normalized spacial score (nSPS) is 13.8. The molecule has 174 valence electrons. The van der Waals surface area contributed by atoms with Crippen molar-refractivity contribution in [2.75, 3.05) is 0 Å². The number of hydrogen-bond acceptors (Lipinski definition) is 1. The third-order valence-corrected chi connectivity index (χ3v) is 6.46. The number of furan rings is 1. The van der Waals surface area contributed by atoms with Gasteiger partial charge in [-0.3, -0.25) is 0 Å². The maximum absolute atomic E-state index is 8.59. The minimum absolute atomic E-state index is 0.0338. The molecule has 0 N–H and O–H groups in total. The molecule has 3 aromatic carbocycles. The SMILES string of the molecule is [2H]c1c([2H])c([2H])c(-c2c([N+]#[C-])ccc3c2oc2c(-c4cc(CC(C)(C)C)cc(C)[n+]4C)c(C)ccc23)c([2H])c1[2H]. The molecule has 0 fully saturated rings. The summed E-state index contributed by atoms with van der Waals surface area (Å²) in [5.41, 5.74) is 6.69. The highest BCUT2D eigenvalue weighted by molar-refractivity contribution is 6.15. The molecule has 0 spiro atoms. The van der Waals surface area contributed by atoms with Crippen LogP contribution >= 0.6 is 0 Å². The van der Waals surface area contributed by atoms with E-state index in [0.29, 0.717) is 11.2 Å². The number of aromatic nitrogens is 1. The van der Waals surface area contributed by atoms with Crippen molar-refractivity contribution >= 4 is 27.6 Å². The van der Waals surface area contributed by atoms with E-state index >= 15 is 0 Å². The Hall–Kier alpha value is -3.90. The van der Waals surface area contributed by atoms with Gasteiger partial charge in [-0.05, 0) is 35.4 Å². The number of benzene rings is 3. The van der Waals surface area contributed by atoms with E-state index in [1.807, 2.05) is 32.2 Å². The van der Waals surface area contributed by atoms with E-state index in [1.54, 1.807) is 6.07 Å². The molecule has 2 heterocycles. The average molecular weight is 465 g/mol. The highest BCUT2D eigenvalue weighted by Gasteiger charge is 2.25. The van der Waals surface area contributed by atoms with Gasteiger partial charge in [0.15, 0.2) is 11.4 Å². The van der Waals surface area contributed by atoms with Gasteiger partial charge < -0.3 is 4.42 Å². The number of pyridine rings is 1. The minimum atomic E-state index is -0.476. The molecule has 0 unspecified atom stereocenters. The zero-order valence-electron chi connectivity index (χ0n) is 26.0. The largest absolute Gasteiger partial charge is 0.456 e. The molecule has 0 aliphatic carbocycles. The van der Waals surface area contributed by atoms with Crippen molar-refractivity contribution in [3.8, 4) is 22.4 Å². The summed E-state index contributed by atoms with van der Waals surface area (Å²) in [5.74, 6) is 0. The van der Waals surface area contributed by atoms with Gasteiger partial charge in [-0.15, -0.1) is 0 Å². The Bertz CT molecular complexity index is 1880. The maximum atomic E-state index is 8.59. The fourth-order valence-corrected chi connectivity index (χ4v) is 4.84. The average Bonchev–Trinajstić information content (AvgIpc) is 3.26. The Morgan fingerprint density at radius 3 is 2.26 bits per heavy atom. The van der Waals surface area contributed by atoms with Crippen molar-refractivity contribution in [3.05, 3.63) is 94.8 Å². The third kappa shape index (κ3) is 4.00. The lowest BCUT2D eigenvalue weighted by Crippen LogP contribution is -2.35. The molecule has 2 aromatic heterocycles. The smallest absolute Gasteiger partial charge is 0.216 e. The number of fused-ring (bicyclic) bond motifs is 3. The molecule has 0 amide bonds.